The van der Waals surface area contributed by atoms with E-state index in [4.69, 9.17) is 4.74 Å². The molecule has 1 aliphatic heterocycles. The number of ketones is 2. The van der Waals surface area contributed by atoms with E-state index in [0.29, 0.717) is 43.0 Å². The van der Waals surface area contributed by atoms with Crippen LogP contribution in [0.25, 0.3) is 0 Å². The molecule has 0 spiro atoms. The van der Waals surface area contributed by atoms with E-state index in [-0.39, 0.29) is 36.9 Å². The molecule has 0 saturated carbocycles. The molecule has 174 valence electrons. The van der Waals surface area contributed by atoms with Crippen LogP contribution < -0.4 is 4.90 Å². The third kappa shape index (κ3) is 6.47. The average Bonchev–Trinajstić information content (AvgIpc) is 2.81. The van der Waals surface area contributed by atoms with E-state index >= 15 is 0 Å². The summed E-state index contributed by atoms with van der Waals surface area (Å²) in [7, 11) is 0. The van der Waals surface area contributed by atoms with Gasteiger partial charge in [0.15, 0.2) is 18.2 Å². The molecular formula is C25H27FN2O5. The number of aryl methyl sites for hydroxylation is 1. The molecule has 0 aliphatic carbocycles. The van der Waals surface area contributed by atoms with Crippen LogP contribution in [0.15, 0.2) is 42.5 Å². The van der Waals surface area contributed by atoms with Crippen molar-refractivity contribution >= 4 is 29.1 Å². The Bertz CT molecular complexity index is 1040. The first kappa shape index (κ1) is 24.1. The Balaban J connectivity index is 1.41. The van der Waals surface area contributed by atoms with Crippen LogP contribution in [0.4, 0.5) is 10.1 Å². The van der Waals surface area contributed by atoms with Crippen molar-refractivity contribution in [3.8, 4) is 0 Å². The smallest absolute Gasteiger partial charge is 0.306 e. The van der Waals surface area contributed by atoms with Gasteiger partial charge < -0.3 is 14.5 Å². The van der Waals surface area contributed by atoms with E-state index in [1.165, 1.54) is 13.0 Å². The number of nitrogens with zero attached hydrogens (tertiary/aromatic N) is 2. The van der Waals surface area contributed by atoms with Gasteiger partial charge in [0.05, 0.1) is 12.1 Å². The molecule has 0 bridgehead atoms. The number of amides is 1. The van der Waals surface area contributed by atoms with Gasteiger partial charge in [0.25, 0.3) is 5.91 Å². The average molecular weight is 454 g/mol. The molecule has 1 saturated heterocycles. The summed E-state index contributed by atoms with van der Waals surface area (Å²) in [4.78, 5) is 51.2. The number of halogens is 1. The summed E-state index contributed by atoms with van der Waals surface area (Å²) >= 11 is 0. The summed E-state index contributed by atoms with van der Waals surface area (Å²) in [6.45, 7) is 4.47. The van der Waals surface area contributed by atoms with Gasteiger partial charge in [-0.3, -0.25) is 19.2 Å². The summed E-state index contributed by atoms with van der Waals surface area (Å²) in [6.07, 6.45) is -0.0773. The van der Waals surface area contributed by atoms with Gasteiger partial charge in [-0.05, 0) is 32.0 Å². The van der Waals surface area contributed by atoms with Crippen molar-refractivity contribution in [2.45, 2.75) is 26.7 Å². The number of esters is 1. The van der Waals surface area contributed by atoms with Crippen LogP contribution in [-0.4, -0.2) is 61.1 Å². The summed E-state index contributed by atoms with van der Waals surface area (Å²) in [6, 6.07) is 11.5. The number of Topliss-reactive ketones (excluding diaryl/α,β-unsaturated/α-hetero) is 2. The van der Waals surface area contributed by atoms with Crippen molar-refractivity contribution < 1.29 is 28.3 Å². The standard InChI is InChI=1S/C25H27FN2O5/c1-17-3-5-19(6-4-17)23(30)9-10-25(32)33-16-24(31)28-13-11-27(12-14-28)22-8-7-20(18(2)29)15-21(22)26/h3-8,15H,9-14,16H2,1-2H3. The van der Waals surface area contributed by atoms with E-state index in [0.717, 1.165) is 5.56 Å². The molecule has 2 aromatic carbocycles. The first-order chi connectivity index (χ1) is 15.7. The zero-order valence-corrected chi connectivity index (χ0v) is 18.8. The topological polar surface area (TPSA) is 84.0 Å². The van der Waals surface area contributed by atoms with Crippen LogP contribution in [0, 0.1) is 12.7 Å². The highest BCUT2D eigenvalue weighted by molar-refractivity contribution is 5.97. The second kappa shape index (κ2) is 10.8. The van der Waals surface area contributed by atoms with Gasteiger partial charge in [-0.1, -0.05) is 29.8 Å². The Morgan fingerprint density at radius 1 is 0.909 bits per heavy atom. The first-order valence-corrected chi connectivity index (χ1v) is 10.8. The maximum Gasteiger partial charge on any atom is 0.306 e. The lowest BCUT2D eigenvalue weighted by Crippen LogP contribution is -2.50. The second-order valence-corrected chi connectivity index (χ2v) is 8.04. The summed E-state index contributed by atoms with van der Waals surface area (Å²) in [5, 5.41) is 0. The maximum absolute atomic E-state index is 14.4. The highest BCUT2D eigenvalue weighted by atomic mass is 19.1. The van der Waals surface area contributed by atoms with Crippen LogP contribution in [-0.2, 0) is 14.3 Å². The number of benzene rings is 2. The van der Waals surface area contributed by atoms with Gasteiger partial charge in [0.2, 0.25) is 0 Å². The molecule has 8 heteroatoms. The minimum absolute atomic E-state index is 0.0166. The fraction of sp³-hybridized carbons (Fsp3) is 0.360. The molecule has 0 atom stereocenters. The highest BCUT2D eigenvalue weighted by Crippen LogP contribution is 2.22. The number of ether oxygens (including phenoxy) is 1. The Morgan fingerprint density at radius 3 is 2.15 bits per heavy atom. The number of rotatable bonds is 8. The van der Waals surface area contributed by atoms with Gasteiger partial charge in [-0.2, -0.15) is 0 Å². The zero-order valence-electron chi connectivity index (χ0n) is 18.8. The SMILES string of the molecule is CC(=O)c1ccc(N2CCN(C(=O)COC(=O)CCC(=O)c3ccc(C)cc3)CC2)c(F)c1. The lowest BCUT2D eigenvalue weighted by molar-refractivity contribution is -0.152. The van der Waals surface area contributed by atoms with Crippen LogP contribution in [0.2, 0.25) is 0 Å². The predicted octanol–water partition coefficient (Wildman–Crippen LogP) is 3.19. The lowest BCUT2D eigenvalue weighted by atomic mass is 10.1. The minimum Gasteiger partial charge on any atom is -0.456 e. The van der Waals surface area contributed by atoms with Crippen LogP contribution in [0.3, 0.4) is 0 Å². The van der Waals surface area contributed by atoms with Gasteiger partial charge in [-0.25, -0.2) is 4.39 Å². The second-order valence-electron chi connectivity index (χ2n) is 8.04. The fourth-order valence-electron chi connectivity index (χ4n) is 3.58. The van der Waals surface area contributed by atoms with Crippen LogP contribution >= 0.6 is 0 Å². The highest BCUT2D eigenvalue weighted by Gasteiger charge is 2.24. The van der Waals surface area contributed by atoms with Crippen molar-refractivity contribution in [3.05, 3.63) is 65.0 Å². The minimum atomic E-state index is -0.602. The number of hydrogen-bond donors (Lipinski definition) is 0. The Labute approximate surface area is 192 Å². The lowest BCUT2D eigenvalue weighted by Gasteiger charge is -2.36. The van der Waals surface area contributed by atoms with Crippen molar-refractivity contribution in [1.82, 2.24) is 4.90 Å². The van der Waals surface area contributed by atoms with E-state index in [2.05, 4.69) is 0 Å². The summed E-state index contributed by atoms with van der Waals surface area (Å²) in [5.74, 6) is -1.77. The number of piperazine rings is 1. The molecule has 1 fully saturated rings. The number of hydrogen-bond acceptors (Lipinski definition) is 6. The molecule has 7 nitrogen and oxygen atoms in total. The predicted molar refractivity (Wildman–Crippen MR) is 121 cm³/mol. The quantitative estimate of drug-likeness (QED) is 0.450. The summed E-state index contributed by atoms with van der Waals surface area (Å²) in [5.41, 5.74) is 2.28. The Hall–Kier alpha value is -3.55. The summed E-state index contributed by atoms with van der Waals surface area (Å²) < 4.78 is 19.4. The Morgan fingerprint density at radius 2 is 1.55 bits per heavy atom. The molecule has 1 aliphatic rings. The van der Waals surface area contributed by atoms with Crippen molar-refractivity contribution in [3.63, 3.8) is 0 Å². The first-order valence-electron chi connectivity index (χ1n) is 10.8. The largest absolute Gasteiger partial charge is 0.456 e. The van der Waals surface area contributed by atoms with Gasteiger partial charge in [0.1, 0.15) is 5.82 Å². The van der Waals surface area contributed by atoms with Crippen LogP contribution in [0.5, 0.6) is 0 Å². The van der Waals surface area contributed by atoms with E-state index in [9.17, 15) is 23.6 Å². The number of carbonyl (C=O) groups is 4. The molecule has 0 unspecified atom stereocenters. The molecule has 0 radical (unpaired) electrons. The van der Waals surface area contributed by atoms with E-state index < -0.39 is 11.8 Å². The third-order valence-corrected chi connectivity index (χ3v) is 5.61. The maximum atomic E-state index is 14.4. The molecule has 2 aromatic rings. The normalized spacial score (nSPS) is 13.5. The molecule has 33 heavy (non-hydrogen) atoms. The molecule has 3 rings (SSSR count). The molecule has 1 amide bonds. The monoisotopic (exact) mass is 454 g/mol. The van der Waals surface area contributed by atoms with Gasteiger partial charge in [-0.15, -0.1) is 0 Å². The number of carbonyl (C=O) groups excluding carboxylic acids is 4. The zero-order chi connectivity index (χ0) is 24.0. The van der Waals surface area contributed by atoms with Gasteiger partial charge in [0, 0.05) is 43.7 Å². The van der Waals surface area contributed by atoms with Crippen molar-refractivity contribution in [2.24, 2.45) is 0 Å². The molecular weight excluding hydrogens is 427 g/mol. The Kier molecular flexibility index (Phi) is 7.92. The van der Waals surface area contributed by atoms with Crippen LogP contribution in [0.1, 0.15) is 46.0 Å². The van der Waals surface area contributed by atoms with Gasteiger partial charge >= 0.3 is 5.97 Å². The fourth-order valence-corrected chi connectivity index (χ4v) is 3.58. The number of anilines is 1. The van der Waals surface area contributed by atoms with E-state index in [1.54, 1.807) is 29.2 Å². The van der Waals surface area contributed by atoms with Crippen molar-refractivity contribution in [2.75, 3.05) is 37.7 Å². The van der Waals surface area contributed by atoms with E-state index in [1.807, 2.05) is 24.0 Å². The molecule has 0 N–H and O–H groups in total. The molecule has 0 aromatic heterocycles. The third-order valence-electron chi connectivity index (χ3n) is 5.61. The molecule has 1 heterocycles. The van der Waals surface area contributed by atoms with Crippen molar-refractivity contribution in [1.29, 1.82) is 0 Å².